The second-order valence-electron chi connectivity index (χ2n) is 5.06. The Morgan fingerprint density at radius 1 is 1.58 bits per heavy atom. The molecule has 0 spiro atoms. The minimum absolute atomic E-state index is 0.111. The summed E-state index contributed by atoms with van der Waals surface area (Å²) in [6, 6.07) is 3.74. The molecule has 3 rings (SSSR count). The standard InChI is InChI=1S/C13H14ClN3O2/c1-8-11(16-12(18)19-8)17-13(4-5-13)6-9-2-3-10(14)15-7-9/h2-3,7-8H,4-6H2,1H3,(H,16,17,18). The highest BCUT2D eigenvalue weighted by atomic mass is 35.5. The highest BCUT2D eigenvalue weighted by Crippen LogP contribution is 2.43. The fourth-order valence-electron chi connectivity index (χ4n) is 2.19. The van der Waals surface area contributed by atoms with E-state index < -0.39 is 6.09 Å². The van der Waals surface area contributed by atoms with Crippen LogP contribution in [0.5, 0.6) is 0 Å². The number of amidine groups is 1. The van der Waals surface area contributed by atoms with E-state index in [1.54, 1.807) is 12.3 Å². The number of rotatable bonds is 3. The third kappa shape index (κ3) is 2.71. The average molecular weight is 280 g/mol. The summed E-state index contributed by atoms with van der Waals surface area (Å²) < 4.78 is 5.00. The van der Waals surface area contributed by atoms with Gasteiger partial charge < -0.3 is 4.74 Å². The lowest BCUT2D eigenvalue weighted by Gasteiger charge is -2.12. The van der Waals surface area contributed by atoms with Crippen molar-refractivity contribution in [2.24, 2.45) is 4.99 Å². The Bertz CT molecular complexity index is 537. The van der Waals surface area contributed by atoms with E-state index in [9.17, 15) is 4.79 Å². The number of cyclic esters (lactones) is 1. The molecular formula is C13H14ClN3O2. The van der Waals surface area contributed by atoms with E-state index in [4.69, 9.17) is 16.3 Å². The maximum Gasteiger partial charge on any atom is 0.413 e. The van der Waals surface area contributed by atoms with E-state index in [2.05, 4.69) is 15.3 Å². The van der Waals surface area contributed by atoms with Crippen LogP contribution in [0, 0.1) is 0 Å². The van der Waals surface area contributed by atoms with Gasteiger partial charge in [-0.1, -0.05) is 17.7 Å². The van der Waals surface area contributed by atoms with E-state index in [0.29, 0.717) is 11.0 Å². The largest absolute Gasteiger partial charge is 0.438 e. The summed E-state index contributed by atoms with van der Waals surface area (Å²) in [5.41, 5.74) is 0.990. The van der Waals surface area contributed by atoms with Gasteiger partial charge in [0.15, 0.2) is 6.10 Å². The van der Waals surface area contributed by atoms with E-state index in [0.717, 1.165) is 24.8 Å². The molecule has 1 aromatic heterocycles. The molecule has 100 valence electrons. The molecule has 1 aromatic rings. The van der Waals surface area contributed by atoms with Gasteiger partial charge in [-0.15, -0.1) is 0 Å². The molecule has 19 heavy (non-hydrogen) atoms. The molecule has 1 aliphatic carbocycles. The fraction of sp³-hybridized carbons (Fsp3) is 0.462. The molecule has 0 radical (unpaired) electrons. The third-order valence-electron chi connectivity index (χ3n) is 3.41. The minimum Gasteiger partial charge on any atom is -0.438 e. The van der Waals surface area contributed by atoms with Gasteiger partial charge in [0.2, 0.25) is 0 Å². The number of aliphatic imine (C=N–C) groups is 1. The number of halogens is 1. The van der Waals surface area contributed by atoms with Crippen molar-refractivity contribution in [1.82, 2.24) is 10.3 Å². The summed E-state index contributed by atoms with van der Waals surface area (Å²) in [7, 11) is 0. The summed E-state index contributed by atoms with van der Waals surface area (Å²) in [5, 5.41) is 3.14. The van der Waals surface area contributed by atoms with Crippen LogP contribution in [-0.4, -0.2) is 28.6 Å². The molecule has 1 unspecified atom stereocenters. The molecule has 2 aliphatic rings. The number of nitrogens with zero attached hydrogens (tertiary/aromatic N) is 2. The molecule has 1 atom stereocenters. The quantitative estimate of drug-likeness (QED) is 0.864. The monoisotopic (exact) mass is 279 g/mol. The van der Waals surface area contributed by atoms with Crippen LogP contribution in [0.4, 0.5) is 4.79 Å². The van der Waals surface area contributed by atoms with Gasteiger partial charge in [0.05, 0.1) is 5.54 Å². The lowest BCUT2D eigenvalue weighted by molar-refractivity contribution is 0.155. The number of ether oxygens (including phenoxy) is 1. The third-order valence-corrected chi connectivity index (χ3v) is 3.63. The number of amides is 1. The second-order valence-corrected chi connectivity index (χ2v) is 5.45. The van der Waals surface area contributed by atoms with Crippen molar-refractivity contribution < 1.29 is 9.53 Å². The van der Waals surface area contributed by atoms with E-state index in [1.165, 1.54) is 0 Å². The lowest BCUT2D eigenvalue weighted by Crippen LogP contribution is -2.27. The number of hydrogen-bond donors (Lipinski definition) is 1. The maximum absolute atomic E-state index is 11.1. The van der Waals surface area contributed by atoms with E-state index >= 15 is 0 Å². The fourth-order valence-corrected chi connectivity index (χ4v) is 2.30. The summed E-state index contributed by atoms with van der Waals surface area (Å²) in [6.07, 6.45) is 3.91. The normalized spacial score (nSPS) is 26.1. The van der Waals surface area contributed by atoms with Gasteiger partial charge in [-0.05, 0) is 37.8 Å². The van der Waals surface area contributed by atoms with Crippen molar-refractivity contribution in [3.63, 3.8) is 0 Å². The maximum atomic E-state index is 11.1. The van der Waals surface area contributed by atoms with Gasteiger partial charge in [0, 0.05) is 6.20 Å². The molecule has 2 heterocycles. The van der Waals surface area contributed by atoms with Gasteiger partial charge in [0.25, 0.3) is 0 Å². The van der Waals surface area contributed by atoms with Crippen LogP contribution in [0.15, 0.2) is 23.3 Å². The Morgan fingerprint density at radius 3 is 2.89 bits per heavy atom. The van der Waals surface area contributed by atoms with Crippen LogP contribution in [0.2, 0.25) is 5.15 Å². The predicted molar refractivity (Wildman–Crippen MR) is 71.4 cm³/mol. The van der Waals surface area contributed by atoms with Crippen molar-refractivity contribution in [3.05, 3.63) is 29.0 Å². The van der Waals surface area contributed by atoms with Crippen molar-refractivity contribution in [2.75, 3.05) is 0 Å². The molecule has 1 saturated heterocycles. The number of alkyl carbamates (subject to hydrolysis) is 1. The van der Waals surface area contributed by atoms with Gasteiger partial charge in [-0.2, -0.15) is 0 Å². The van der Waals surface area contributed by atoms with E-state index in [-0.39, 0.29) is 11.6 Å². The van der Waals surface area contributed by atoms with Crippen LogP contribution in [0.1, 0.15) is 25.3 Å². The number of nitrogens with one attached hydrogen (secondary N) is 1. The van der Waals surface area contributed by atoms with Crippen LogP contribution >= 0.6 is 11.6 Å². The highest BCUT2D eigenvalue weighted by molar-refractivity contribution is 6.29. The van der Waals surface area contributed by atoms with Crippen LogP contribution in [0.3, 0.4) is 0 Å². The first-order chi connectivity index (χ1) is 9.06. The second kappa shape index (κ2) is 4.49. The number of pyridine rings is 1. The summed E-state index contributed by atoms with van der Waals surface area (Å²) in [6.45, 7) is 1.82. The first-order valence-electron chi connectivity index (χ1n) is 6.24. The molecule has 5 nitrogen and oxygen atoms in total. The number of carbonyl (C=O) groups is 1. The Hall–Kier alpha value is -1.62. The molecule has 1 amide bonds. The van der Waals surface area contributed by atoms with Crippen LogP contribution in [-0.2, 0) is 11.2 Å². The van der Waals surface area contributed by atoms with Gasteiger partial charge in [-0.25, -0.2) is 9.78 Å². The van der Waals surface area contributed by atoms with Crippen molar-refractivity contribution in [2.45, 2.75) is 37.8 Å². The zero-order chi connectivity index (χ0) is 13.5. The Labute approximate surface area is 116 Å². The van der Waals surface area contributed by atoms with Crippen LogP contribution in [0.25, 0.3) is 0 Å². The Morgan fingerprint density at radius 2 is 2.37 bits per heavy atom. The van der Waals surface area contributed by atoms with Crippen molar-refractivity contribution in [3.8, 4) is 0 Å². The first kappa shape index (κ1) is 12.4. The molecular weight excluding hydrogens is 266 g/mol. The zero-order valence-electron chi connectivity index (χ0n) is 10.5. The predicted octanol–water partition coefficient (Wildman–Crippen LogP) is 2.34. The molecule has 0 aromatic carbocycles. The Balaban J connectivity index is 1.75. The zero-order valence-corrected chi connectivity index (χ0v) is 11.3. The van der Waals surface area contributed by atoms with Crippen LogP contribution < -0.4 is 5.32 Å². The molecule has 1 N–H and O–H groups in total. The van der Waals surface area contributed by atoms with E-state index in [1.807, 2.05) is 13.0 Å². The SMILES string of the molecule is CC1OC(=O)NC1=NC1(Cc2ccc(Cl)nc2)CC1. The Kier molecular flexibility index (Phi) is 2.93. The summed E-state index contributed by atoms with van der Waals surface area (Å²) in [4.78, 5) is 19.9. The summed E-state index contributed by atoms with van der Waals surface area (Å²) in [5.74, 6) is 0.629. The lowest BCUT2D eigenvalue weighted by atomic mass is 10.1. The van der Waals surface area contributed by atoms with Crippen molar-refractivity contribution in [1.29, 1.82) is 0 Å². The topological polar surface area (TPSA) is 63.6 Å². The van der Waals surface area contributed by atoms with Gasteiger partial charge >= 0.3 is 6.09 Å². The van der Waals surface area contributed by atoms with Crippen molar-refractivity contribution >= 4 is 23.5 Å². The number of carbonyl (C=O) groups excluding carboxylic acids is 1. The molecule has 2 fully saturated rings. The average Bonchev–Trinajstić information content (AvgIpc) is 3.03. The smallest absolute Gasteiger partial charge is 0.413 e. The molecule has 1 saturated carbocycles. The molecule has 0 bridgehead atoms. The summed E-state index contributed by atoms with van der Waals surface area (Å²) >= 11 is 5.77. The van der Waals surface area contributed by atoms with Gasteiger partial charge in [0.1, 0.15) is 11.0 Å². The first-order valence-corrected chi connectivity index (χ1v) is 6.62. The number of aromatic nitrogens is 1. The molecule has 1 aliphatic heterocycles. The van der Waals surface area contributed by atoms with Gasteiger partial charge in [-0.3, -0.25) is 10.3 Å². The molecule has 6 heteroatoms. The minimum atomic E-state index is -0.421. The highest BCUT2D eigenvalue weighted by Gasteiger charge is 2.44. The number of hydrogen-bond acceptors (Lipinski definition) is 4.